The Morgan fingerprint density at radius 2 is 2.00 bits per heavy atom. The first-order valence-electron chi connectivity index (χ1n) is 8.51. The fourth-order valence-electron chi connectivity index (χ4n) is 4.10. The average Bonchev–Trinajstić information content (AvgIpc) is 2.48. The van der Waals surface area contributed by atoms with E-state index in [1.165, 1.54) is 19.3 Å². The minimum absolute atomic E-state index is 0. The lowest BCUT2D eigenvalue weighted by molar-refractivity contribution is -0.129. The maximum Gasteiger partial charge on any atom is 0.261 e. The second kappa shape index (κ2) is 8.41. The molecule has 0 heterocycles. The lowest BCUT2D eigenvalue weighted by Crippen LogP contribution is -2.55. The number of carbonyl (C=O) groups is 1. The molecule has 134 valence electrons. The number of hydrogen-bond donors (Lipinski definition) is 2. The third kappa shape index (κ3) is 4.56. The van der Waals surface area contributed by atoms with Crippen LogP contribution >= 0.6 is 24.0 Å². The molecule has 1 aromatic rings. The van der Waals surface area contributed by atoms with Crippen molar-refractivity contribution in [2.45, 2.75) is 57.2 Å². The summed E-state index contributed by atoms with van der Waals surface area (Å²) in [5.41, 5.74) is 6.14. The van der Waals surface area contributed by atoms with Crippen molar-refractivity contribution in [1.82, 2.24) is 5.32 Å². The number of ether oxygens (including phenoxy) is 1. The van der Waals surface area contributed by atoms with Crippen LogP contribution in [0.1, 0.15) is 39.0 Å². The molecular formula is C18H26Cl2N2O2. The van der Waals surface area contributed by atoms with Crippen LogP contribution in [-0.2, 0) is 4.79 Å². The zero-order chi connectivity index (χ0) is 16.4. The largest absolute Gasteiger partial charge is 0.481 e. The quantitative estimate of drug-likeness (QED) is 0.848. The molecule has 2 bridgehead atoms. The van der Waals surface area contributed by atoms with Gasteiger partial charge >= 0.3 is 0 Å². The van der Waals surface area contributed by atoms with Gasteiger partial charge < -0.3 is 15.8 Å². The Morgan fingerprint density at radius 1 is 1.33 bits per heavy atom. The van der Waals surface area contributed by atoms with Crippen LogP contribution < -0.4 is 15.8 Å². The Bertz CT molecular complexity index is 556. The Balaban J connectivity index is 0.00000208. The topological polar surface area (TPSA) is 64.3 Å². The summed E-state index contributed by atoms with van der Waals surface area (Å²) in [7, 11) is 0. The monoisotopic (exact) mass is 372 g/mol. The van der Waals surface area contributed by atoms with Crippen molar-refractivity contribution >= 4 is 29.9 Å². The molecule has 3 rings (SSSR count). The maximum absolute atomic E-state index is 12.5. The van der Waals surface area contributed by atoms with E-state index in [1.807, 2.05) is 12.1 Å². The maximum atomic E-state index is 12.5. The lowest BCUT2D eigenvalue weighted by Gasteiger charge is -2.45. The van der Waals surface area contributed by atoms with Gasteiger partial charge in [-0.3, -0.25) is 4.79 Å². The average molecular weight is 373 g/mol. The summed E-state index contributed by atoms with van der Waals surface area (Å²) in [5.74, 6) is 1.59. The minimum atomic E-state index is -0.537. The van der Waals surface area contributed by atoms with Gasteiger partial charge in [0.1, 0.15) is 5.75 Å². The molecule has 3 unspecified atom stereocenters. The van der Waals surface area contributed by atoms with Crippen molar-refractivity contribution in [1.29, 1.82) is 0 Å². The molecule has 3 N–H and O–H groups in total. The summed E-state index contributed by atoms with van der Waals surface area (Å²) in [5, 5.41) is 3.83. The fourth-order valence-corrected chi connectivity index (χ4v) is 4.28. The first kappa shape index (κ1) is 19.4. The number of amides is 1. The SMILES string of the molecule is CC(Oc1cccc(Cl)c1)C(=O)NC1C2CCCC1CC(N)C2.Cl. The van der Waals surface area contributed by atoms with Crippen LogP contribution in [0, 0.1) is 11.8 Å². The van der Waals surface area contributed by atoms with Gasteiger partial charge in [-0.05, 0) is 62.6 Å². The summed E-state index contributed by atoms with van der Waals surface area (Å²) < 4.78 is 5.72. The van der Waals surface area contributed by atoms with Gasteiger partial charge in [0.15, 0.2) is 6.10 Å². The van der Waals surface area contributed by atoms with Gasteiger partial charge in [-0.1, -0.05) is 24.1 Å². The van der Waals surface area contributed by atoms with E-state index in [0.717, 1.165) is 12.8 Å². The summed E-state index contributed by atoms with van der Waals surface area (Å²) in [6.45, 7) is 1.78. The van der Waals surface area contributed by atoms with E-state index >= 15 is 0 Å². The third-order valence-electron chi connectivity index (χ3n) is 5.16. The number of nitrogens with two attached hydrogens (primary N) is 1. The van der Waals surface area contributed by atoms with Crippen molar-refractivity contribution < 1.29 is 9.53 Å². The molecule has 2 saturated carbocycles. The van der Waals surface area contributed by atoms with Gasteiger partial charge in [0.05, 0.1) is 0 Å². The summed E-state index contributed by atoms with van der Waals surface area (Å²) in [6.07, 6.45) is 5.08. The molecule has 6 heteroatoms. The molecule has 0 aromatic heterocycles. The second-order valence-electron chi connectivity index (χ2n) is 6.93. The third-order valence-corrected chi connectivity index (χ3v) is 5.40. The predicted octanol–water partition coefficient (Wildman–Crippen LogP) is 3.55. The molecule has 1 amide bonds. The van der Waals surface area contributed by atoms with E-state index in [9.17, 15) is 4.79 Å². The number of hydrogen-bond acceptors (Lipinski definition) is 3. The lowest BCUT2D eigenvalue weighted by atomic mass is 9.67. The molecule has 3 atom stereocenters. The molecule has 0 radical (unpaired) electrons. The van der Waals surface area contributed by atoms with E-state index in [2.05, 4.69) is 5.32 Å². The van der Waals surface area contributed by atoms with E-state index in [4.69, 9.17) is 22.1 Å². The van der Waals surface area contributed by atoms with Gasteiger partial charge in [0, 0.05) is 17.1 Å². The number of benzene rings is 1. The van der Waals surface area contributed by atoms with E-state index in [-0.39, 0.29) is 24.4 Å². The van der Waals surface area contributed by atoms with E-state index in [0.29, 0.717) is 28.6 Å². The van der Waals surface area contributed by atoms with Crippen molar-refractivity contribution in [2.75, 3.05) is 0 Å². The van der Waals surface area contributed by atoms with Crippen LogP contribution in [0.3, 0.4) is 0 Å². The van der Waals surface area contributed by atoms with Gasteiger partial charge in [0.2, 0.25) is 0 Å². The van der Waals surface area contributed by atoms with Gasteiger partial charge in [-0.2, -0.15) is 0 Å². The normalized spacial score (nSPS) is 30.0. The van der Waals surface area contributed by atoms with Crippen LogP contribution in [0.25, 0.3) is 0 Å². The zero-order valence-electron chi connectivity index (χ0n) is 13.9. The Hall–Kier alpha value is -0.970. The molecular weight excluding hydrogens is 347 g/mol. The second-order valence-corrected chi connectivity index (χ2v) is 7.37. The van der Waals surface area contributed by atoms with Crippen molar-refractivity contribution in [3.05, 3.63) is 29.3 Å². The highest BCUT2D eigenvalue weighted by Gasteiger charge is 2.40. The smallest absolute Gasteiger partial charge is 0.261 e. The van der Waals surface area contributed by atoms with Gasteiger partial charge in [-0.15, -0.1) is 12.4 Å². The van der Waals surface area contributed by atoms with E-state index in [1.54, 1.807) is 19.1 Å². The first-order valence-corrected chi connectivity index (χ1v) is 8.89. The molecule has 4 nitrogen and oxygen atoms in total. The summed E-state index contributed by atoms with van der Waals surface area (Å²) in [6, 6.07) is 7.67. The van der Waals surface area contributed by atoms with Crippen LogP contribution in [0.15, 0.2) is 24.3 Å². The van der Waals surface area contributed by atoms with Gasteiger partial charge in [-0.25, -0.2) is 0 Å². The standard InChI is InChI=1S/C18H25ClN2O2.ClH/c1-11(23-16-7-3-6-14(19)10-16)18(22)21-17-12-4-2-5-13(17)9-15(20)8-12;/h3,6-7,10-13,15,17H,2,4-5,8-9,20H2,1H3,(H,21,22);1H. The molecule has 0 spiro atoms. The number of rotatable bonds is 4. The summed E-state index contributed by atoms with van der Waals surface area (Å²) >= 11 is 5.95. The van der Waals surface area contributed by atoms with Crippen LogP contribution in [0.2, 0.25) is 5.02 Å². The molecule has 1 aromatic carbocycles. The molecule has 0 saturated heterocycles. The van der Waals surface area contributed by atoms with Crippen molar-refractivity contribution in [2.24, 2.45) is 17.6 Å². The van der Waals surface area contributed by atoms with Crippen LogP contribution in [0.4, 0.5) is 0 Å². The van der Waals surface area contributed by atoms with Crippen molar-refractivity contribution in [3.8, 4) is 5.75 Å². The Morgan fingerprint density at radius 3 is 2.62 bits per heavy atom. The van der Waals surface area contributed by atoms with Crippen LogP contribution in [0.5, 0.6) is 5.75 Å². The number of nitrogens with one attached hydrogen (secondary N) is 1. The molecule has 2 aliphatic rings. The molecule has 24 heavy (non-hydrogen) atoms. The Labute approximate surface area is 154 Å². The molecule has 0 aliphatic heterocycles. The molecule has 2 aliphatic carbocycles. The highest BCUT2D eigenvalue weighted by atomic mass is 35.5. The fraction of sp³-hybridized carbons (Fsp3) is 0.611. The van der Waals surface area contributed by atoms with Crippen molar-refractivity contribution in [3.63, 3.8) is 0 Å². The highest BCUT2D eigenvalue weighted by Crippen LogP contribution is 2.39. The number of fused-ring (bicyclic) bond motifs is 2. The number of carbonyl (C=O) groups excluding carboxylic acids is 1. The number of halogens is 2. The van der Waals surface area contributed by atoms with Gasteiger partial charge in [0.25, 0.3) is 5.91 Å². The minimum Gasteiger partial charge on any atom is -0.481 e. The zero-order valence-corrected chi connectivity index (χ0v) is 15.5. The highest BCUT2D eigenvalue weighted by molar-refractivity contribution is 6.30. The van der Waals surface area contributed by atoms with Crippen LogP contribution in [-0.4, -0.2) is 24.1 Å². The Kier molecular flexibility index (Phi) is 6.79. The first-order chi connectivity index (χ1) is 11.0. The predicted molar refractivity (Wildman–Crippen MR) is 98.8 cm³/mol. The summed E-state index contributed by atoms with van der Waals surface area (Å²) in [4.78, 5) is 12.5. The molecule has 2 fully saturated rings. The van der Waals surface area contributed by atoms with E-state index < -0.39 is 6.10 Å².